The highest BCUT2D eigenvalue weighted by Crippen LogP contribution is 2.26. The minimum Gasteiger partial charge on any atom is -0.497 e. The quantitative estimate of drug-likeness (QED) is 0.535. The Morgan fingerprint density at radius 3 is 2.33 bits per heavy atom. The fourth-order valence-electron chi connectivity index (χ4n) is 2.17. The van der Waals surface area contributed by atoms with Gasteiger partial charge in [-0.1, -0.05) is 36.4 Å². The van der Waals surface area contributed by atoms with Crippen molar-refractivity contribution >= 4 is 16.7 Å². The Morgan fingerprint density at radius 1 is 0.857 bits per heavy atom. The minimum absolute atomic E-state index is 0.381. The predicted molar refractivity (Wildman–Crippen MR) is 81.9 cm³/mol. The molecule has 0 amide bonds. The number of ether oxygens (including phenoxy) is 2. The molecule has 0 saturated carbocycles. The SMILES string of the molecule is COc1ccc(C(=O)Oc2cccc3ccccc23)cc1. The zero-order chi connectivity index (χ0) is 14.7. The van der Waals surface area contributed by atoms with Gasteiger partial charge < -0.3 is 9.47 Å². The maximum Gasteiger partial charge on any atom is 0.343 e. The van der Waals surface area contributed by atoms with Crippen molar-refractivity contribution in [3.63, 3.8) is 0 Å². The lowest BCUT2D eigenvalue weighted by Gasteiger charge is -2.08. The lowest BCUT2D eigenvalue weighted by atomic mass is 10.1. The molecule has 0 atom stereocenters. The molecule has 0 heterocycles. The Hall–Kier alpha value is -2.81. The summed E-state index contributed by atoms with van der Waals surface area (Å²) in [7, 11) is 1.59. The summed E-state index contributed by atoms with van der Waals surface area (Å²) in [5.41, 5.74) is 0.490. The highest BCUT2D eigenvalue weighted by molar-refractivity contribution is 5.95. The Kier molecular flexibility index (Phi) is 3.56. The van der Waals surface area contributed by atoms with Gasteiger partial charge in [0.15, 0.2) is 0 Å². The molecule has 0 aliphatic carbocycles. The van der Waals surface area contributed by atoms with Crippen molar-refractivity contribution in [3.8, 4) is 11.5 Å². The topological polar surface area (TPSA) is 35.5 Å². The van der Waals surface area contributed by atoms with Crippen molar-refractivity contribution in [2.75, 3.05) is 7.11 Å². The van der Waals surface area contributed by atoms with Crippen molar-refractivity contribution in [1.82, 2.24) is 0 Å². The summed E-state index contributed by atoms with van der Waals surface area (Å²) in [4.78, 5) is 12.2. The van der Waals surface area contributed by atoms with Gasteiger partial charge in [-0.2, -0.15) is 0 Å². The third kappa shape index (κ3) is 2.72. The van der Waals surface area contributed by atoms with E-state index in [1.807, 2.05) is 36.4 Å². The minimum atomic E-state index is -0.381. The summed E-state index contributed by atoms with van der Waals surface area (Å²) >= 11 is 0. The normalized spacial score (nSPS) is 10.3. The van der Waals surface area contributed by atoms with Crippen molar-refractivity contribution < 1.29 is 14.3 Å². The van der Waals surface area contributed by atoms with E-state index in [1.54, 1.807) is 37.4 Å². The second-order valence-electron chi connectivity index (χ2n) is 4.60. The molecule has 21 heavy (non-hydrogen) atoms. The number of hydrogen-bond acceptors (Lipinski definition) is 3. The molecule has 3 nitrogen and oxygen atoms in total. The van der Waals surface area contributed by atoms with E-state index in [1.165, 1.54) is 0 Å². The second-order valence-corrected chi connectivity index (χ2v) is 4.60. The molecule has 0 radical (unpaired) electrons. The number of methoxy groups -OCH3 is 1. The Labute approximate surface area is 122 Å². The van der Waals surface area contributed by atoms with Gasteiger partial charge >= 0.3 is 5.97 Å². The van der Waals surface area contributed by atoms with Gasteiger partial charge in [0.2, 0.25) is 0 Å². The lowest BCUT2D eigenvalue weighted by Crippen LogP contribution is -2.08. The van der Waals surface area contributed by atoms with Crippen molar-refractivity contribution in [3.05, 3.63) is 72.3 Å². The molecule has 0 fully saturated rings. The van der Waals surface area contributed by atoms with Crippen LogP contribution in [0.1, 0.15) is 10.4 Å². The highest BCUT2D eigenvalue weighted by Gasteiger charge is 2.10. The second kappa shape index (κ2) is 5.67. The molecule has 0 aliphatic rings. The number of carbonyl (C=O) groups is 1. The van der Waals surface area contributed by atoms with E-state index in [0.29, 0.717) is 17.1 Å². The van der Waals surface area contributed by atoms with E-state index in [0.717, 1.165) is 10.8 Å². The van der Waals surface area contributed by atoms with Crippen LogP contribution < -0.4 is 9.47 Å². The average Bonchev–Trinajstić information content (AvgIpc) is 2.55. The van der Waals surface area contributed by atoms with E-state index in [4.69, 9.17) is 9.47 Å². The maximum absolute atomic E-state index is 12.2. The fourth-order valence-corrected chi connectivity index (χ4v) is 2.17. The Bertz CT molecular complexity index is 771. The zero-order valence-electron chi connectivity index (χ0n) is 11.6. The first-order valence-electron chi connectivity index (χ1n) is 6.62. The number of benzene rings is 3. The first kappa shape index (κ1) is 13.2. The number of carbonyl (C=O) groups excluding carboxylic acids is 1. The molecule has 104 valence electrons. The molecule has 0 spiro atoms. The molecular weight excluding hydrogens is 264 g/mol. The number of hydrogen-bond donors (Lipinski definition) is 0. The van der Waals surface area contributed by atoms with Crippen LogP contribution in [-0.4, -0.2) is 13.1 Å². The summed E-state index contributed by atoms with van der Waals surface area (Å²) in [5.74, 6) is 0.889. The number of rotatable bonds is 3. The van der Waals surface area contributed by atoms with Crippen LogP contribution in [0.3, 0.4) is 0 Å². The van der Waals surface area contributed by atoms with Crippen LogP contribution in [0.4, 0.5) is 0 Å². The van der Waals surface area contributed by atoms with Gasteiger partial charge in [-0.25, -0.2) is 4.79 Å². The third-order valence-corrected chi connectivity index (χ3v) is 3.28. The van der Waals surface area contributed by atoms with Crippen molar-refractivity contribution in [1.29, 1.82) is 0 Å². The van der Waals surface area contributed by atoms with E-state index in [-0.39, 0.29) is 5.97 Å². The fraction of sp³-hybridized carbons (Fsp3) is 0.0556. The van der Waals surface area contributed by atoms with E-state index >= 15 is 0 Å². The predicted octanol–water partition coefficient (Wildman–Crippen LogP) is 4.07. The molecule has 3 aromatic carbocycles. The Morgan fingerprint density at radius 2 is 1.57 bits per heavy atom. The molecule has 3 heteroatoms. The van der Waals surface area contributed by atoms with Gasteiger partial charge in [-0.3, -0.25) is 0 Å². The first-order chi connectivity index (χ1) is 10.3. The van der Waals surface area contributed by atoms with Crippen LogP contribution in [0.5, 0.6) is 11.5 Å². The summed E-state index contributed by atoms with van der Waals surface area (Å²) < 4.78 is 10.6. The van der Waals surface area contributed by atoms with Gasteiger partial charge in [0.1, 0.15) is 11.5 Å². The third-order valence-electron chi connectivity index (χ3n) is 3.28. The van der Waals surface area contributed by atoms with Crippen LogP contribution in [0.25, 0.3) is 10.8 Å². The monoisotopic (exact) mass is 278 g/mol. The molecule has 0 bridgehead atoms. The highest BCUT2D eigenvalue weighted by atomic mass is 16.5. The first-order valence-corrected chi connectivity index (χ1v) is 6.62. The average molecular weight is 278 g/mol. The summed E-state index contributed by atoms with van der Waals surface area (Å²) in [6.45, 7) is 0. The zero-order valence-corrected chi connectivity index (χ0v) is 11.6. The molecule has 0 saturated heterocycles. The standard InChI is InChI=1S/C18H14O3/c1-20-15-11-9-14(10-12-15)18(19)21-17-8-4-6-13-5-2-3-7-16(13)17/h2-12H,1H3. The van der Waals surface area contributed by atoms with Crippen LogP contribution in [0.15, 0.2) is 66.7 Å². The summed E-state index contributed by atoms with van der Waals surface area (Å²) in [6, 6.07) is 20.3. The van der Waals surface area contributed by atoms with E-state index in [2.05, 4.69) is 0 Å². The summed E-state index contributed by atoms with van der Waals surface area (Å²) in [6.07, 6.45) is 0. The number of fused-ring (bicyclic) bond motifs is 1. The van der Waals surface area contributed by atoms with Crippen LogP contribution in [0, 0.1) is 0 Å². The molecular formula is C18H14O3. The van der Waals surface area contributed by atoms with Crippen LogP contribution in [-0.2, 0) is 0 Å². The van der Waals surface area contributed by atoms with Crippen molar-refractivity contribution in [2.24, 2.45) is 0 Å². The smallest absolute Gasteiger partial charge is 0.343 e. The van der Waals surface area contributed by atoms with Gasteiger partial charge in [0.25, 0.3) is 0 Å². The molecule has 3 rings (SSSR count). The van der Waals surface area contributed by atoms with Crippen LogP contribution in [0.2, 0.25) is 0 Å². The number of esters is 1. The molecule has 0 unspecified atom stereocenters. The molecule has 0 aliphatic heterocycles. The molecule has 0 N–H and O–H groups in total. The lowest BCUT2D eigenvalue weighted by molar-refractivity contribution is 0.0737. The van der Waals surface area contributed by atoms with Crippen LogP contribution >= 0.6 is 0 Å². The van der Waals surface area contributed by atoms with E-state index < -0.39 is 0 Å². The van der Waals surface area contributed by atoms with Gasteiger partial charge in [-0.05, 0) is 35.7 Å². The van der Waals surface area contributed by atoms with Gasteiger partial charge in [0.05, 0.1) is 12.7 Å². The van der Waals surface area contributed by atoms with Gasteiger partial charge in [0, 0.05) is 5.39 Å². The summed E-state index contributed by atoms with van der Waals surface area (Å²) in [5, 5.41) is 1.96. The largest absolute Gasteiger partial charge is 0.497 e. The van der Waals surface area contributed by atoms with E-state index in [9.17, 15) is 4.79 Å². The maximum atomic E-state index is 12.2. The molecule has 0 aromatic heterocycles. The van der Waals surface area contributed by atoms with Crippen molar-refractivity contribution in [2.45, 2.75) is 0 Å². The van der Waals surface area contributed by atoms with Gasteiger partial charge in [-0.15, -0.1) is 0 Å². The Balaban J connectivity index is 1.89. The molecule has 3 aromatic rings.